The lowest BCUT2D eigenvalue weighted by atomic mass is 9.75. The Morgan fingerprint density at radius 1 is 1.20 bits per heavy atom. The van der Waals surface area contributed by atoms with E-state index in [1.165, 1.54) is 13.8 Å². The molecule has 0 radical (unpaired) electrons. The first-order chi connectivity index (χ1) is 9.21. The molecule has 0 spiro atoms. The van der Waals surface area contributed by atoms with Crippen LogP contribution in [-0.4, -0.2) is 32.9 Å². The van der Waals surface area contributed by atoms with E-state index in [0.29, 0.717) is 0 Å². The normalized spacial score (nSPS) is 15.7. The van der Waals surface area contributed by atoms with Crippen LogP contribution in [0.25, 0.3) is 0 Å². The standard InChI is InChI=1S/C15H20O5/c1-9(2)15(20,14(18)19)12(13(16)17)8-11-7-5-4-6-10(11)3/h4-7,9,12,20H,8H2,1-3H3,(H,16,17)(H,18,19). The minimum absolute atomic E-state index is 0.0248. The summed E-state index contributed by atoms with van der Waals surface area (Å²) in [7, 11) is 0. The lowest BCUT2D eigenvalue weighted by Crippen LogP contribution is -2.54. The van der Waals surface area contributed by atoms with Crippen molar-refractivity contribution in [3.05, 3.63) is 35.4 Å². The first-order valence-corrected chi connectivity index (χ1v) is 6.44. The number of carboxylic acids is 2. The summed E-state index contributed by atoms with van der Waals surface area (Å²) in [5.74, 6) is -4.94. The fourth-order valence-electron chi connectivity index (χ4n) is 2.29. The monoisotopic (exact) mass is 280 g/mol. The van der Waals surface area contributed by atoms with Crippen molar-refractivity contribution < 1.29 is 24.9 Å². The lowest BCUT2D eigenvalue weighted by Gasteiger charge is -2.33. The van der Waals surface area contributed by atoms with Crippen molar-refractivity contribution in [2.45, 2.75) is 32.8 Å². The van der Waals surface area contributed by atoms with Gasteiger partial charge in [-0.2, -0.15) is 0 Å². The molecule has 2 unspecified atom stereocenters. The van der Waals surface area contributed by atoms with Gasteiger partial charge in [0.15, 0.2) is 5.60 Å². The average molecular weight is 280 g/mol. The lowest BCUT2D eigenvalue weighted by molar-refractivity contribution is -0.180. The SMILES string of the molecule is Cc1ccccc1CC(C(=O)O)C(O)(C(=O)O)C(C)C. The fraction of sp³-hybridized carbons (Fsp3) is 0.467. The maximum Gasteiger partial charge on any atom is 0.336 e. The highest BCUT2D eigenvalue weighted by molar-refractivity contribution is 5.86. The Balaban J connectivity index is 3.22. The third-order valence-electron chi connectivity index (χ3n) is 3.74. The third kappa shape index (κ3) is 2.99. The van der Waals surface area contributed by atoms with Gasteiger partial charge < -0.3 is 15.3 Å². The summed E-state index contributed by atoms with van der Waals surface area (Å²) in [5.41, 5.74) is -0.704. The van der Waals surface area contributed by atoms with Crippen LogP contribution in [0.1, 0.15) is 25.0 Å². The van der Waals surface area contributed by atoms with Gasteiger partial charge in [0.2, 0.25) is 0 Å². The minimum atomic E-state index is -2.30. The van der Waals surface area contributed by atoms with Crippen molar-refractivity contribution in [3.8, 4) is 0 Å². The molecule has 0 bridgehead atoms. The Kier molecular flexibility index (Phi) is 4.89. The number of aliphatic hydroxyl groups is 1. The zero-order chi connectivity index (χ0) is 15.5. The molecule has 0 aliphatic rings. The molecule has 0 amide bonds. The molecule has 110 valence electrons. The van der Waals surface area contributed by atoms with Crippen molar-refractivity contribution in [1.82, 2.24) is 0 Å². The van der Waals surface area contributed by atoms with Gasteiger partial charge in [0.05, 0.1) is 0 Å². The number of aryl methyl sites for hydroxylation is 1. The first-order valence-electron chi connectivity index (χ1n) is 6.44. The summed E-state index contributed by atoms with van der Waals surface area (Å²) < 4.78 is 0. The second-order valence-corrected chi connectivity index (χ2v) is 5.31. The van der Waals surface area contributed by atoms with Gasteiger partial charge in [-0.15, -0.1) is 0 Å². The van der Waals surface area contributed by atoms with E-state index in [1.807, 2.05) is 19.1 Å². The van der Waals surface area contributed by atoms with Crippen LogP contribution in [0.4, 0.5) is 0 Å². The third-order valence-corrected chi connectivity index (χ3v) is 3.74. The molecule has 2 atom stereocenters. The average Bonchev–Trinajstić information content (AvgIpc) is 2.36. The maximum atomic E-state index is 11.4. The van der Waals surface area contributed by atoms with Gasteiger partial charge >= 0.3 is 11.9 Å². The molecule has 0 aromatic heterocycles. The van der Waals surface area contributed by atoms with Gasteiger partial charge in [-0.25, -0.2) is 4.79 Å². The van der Waals surface area contributed by atoms with E-state index in [-0.39, 0.29) is 6.42 Å². The zero-order valence-electron chi connectivity index (χ0n) is 11.8. The van der Waals surface area contributed by atoms with Crippen molar-refractivity contribution in [2.24, 2.45) is 11.8 Å². The first kappa shape index (κ1) is 16.2. The van der Waals surface area contributed by atoms with Crippen LogP contribution in [0, 0.1) is 18.8 Å². The molecule has 0 saturated carbocycles. The van der Waals surface area contributed by atoms with Crippen molar-refractivity contribution in [1.29, 1.82) is 0 Å². The van der Waals surface area contributed by atoms with Crippen LogP contribution in [0.3, 0.4) is 0 Å². The zero-order valence-corrected chi connectivity index (χ0v) is 11.8. The quantitative estimate of drug-likeness (QED) is 0.737. The molecule has 5 nitrogen and oxygen atoms in total. The molecule has 0 aliphatic heterocycles. The van der Waals surface area contributed by atoms with E-state index < -0.39 is 29.4 Å². The molecule has 0 heterocycles. The molecule has 1 rings (SSSR count). The molecule has 20 heavy (non-hydrogen) atoms. The molecule has 1 aromatic rings. The van der Waals surface area contributed by atoms with E-state index in [0.717, 1.165) is 11.1 Å². The van der Waals surface area contributed by atoms with Crippen LogP contribution >= 0.6 is 0 Å². The molecule has 5 heteroatoms. The Morgan fingerprint density at radius 2 is 1.75 bits per heavy atom. The molecule has 0 fully saturated rings. The summed E-state index contributed by atoms with van der Waals surface area (Å²) >= 11 is 0. The molecule has 0 aliphatic carbocycles. The Bertz CT molecular complexity index is 509. The molecule has 0 saturated heterocycles. The highest BCUT2D eigenvalue weighted by atomic mass is 16.4. The maximum absolute atomic E-state index is 11.4. The molecular weight excluding hydrogens is 260 g/mol. The largest absolute Gasteiger partial charge is 0.481 e. The van der Waals surface area contributed by atoms with E-state index in [4.69, 9.17) is 0 Å². The highest BCUT2D eigenvalue weighted by Crippen LogP contribution is 2.31. The van der Waals surface area contributed by atoms with Gasteiger partial charge in [0, 0.05) is 0 Å². The second kappa shape index (κ2) is 6.05. The van der Waals surface area contributed by atoms with Gasteiger partial charge in [0.25, 0.3) is 0 Å². The summed E-state index contributed by atoms with van der Waals surface area (Å²) in [6.45, 7) is 4.83. The minimum Gasteiger partial charge on any atom is -0.481 e. The predicted molar refractivity (Wildman–Crippen MR) is 73.4 cm³/mol. The highest BCUT2D eigenvalue weighted by Gasteiger charge is 2.50. The van der Waals surface area contributed by atoms with Gasteiger partial charge in [-0.3, -0.25) is 4.79 Å². The summed E-state index contributed by atoms with van der Waals surface area (Å²) in [6, 6.07) is 7.15. The number of benzene rings is 1. The Labute approximate surface area is 117 Å². The van der Waals surface area contributed by atoms with Crippen molar-refractivity contribution in [2.75, 3.05) is 0 Å². The van der Waals surface area contributed by atoms with E-state index >= 15 is 0 Å². The molecule has 1 aromatic carbocycles. The van der Waals surface area contributed by atoms with Crippen molar-refractivity contribution >= 4 is 11.9 Å². The van der Waals surface area contributed by atoms with Gasteiger partial charge in [-0.05, 0) is 30.4 Å². The van der Waals surface area contributed by atoms with E-state index in [9.17, 15) is 24.9 Å². The predicted octanol–water partition coefficient (Wildman–Crippen LogP) is 1.71. The smallest absolute Gasteiger partial charge is 0.336 e. The van der Waals surface area contributed by atoms with Crippen LogP contribution in [0.15, 0.2) is 24.3 Å². The number of rotatable bonds is 6. The Morgan fingerprint density at radius 3 is 2.15 bits per heavy atom. The number of aliphatic carboxylic acids is 2. The number of carbonyl (C=O) groups is 2. The topological polar surface area (TPSA) is 94.8 Å². The summed E-state index contributed by atoms with van der Waals surface area (Å²) in [4.78, 5) is 22.8. The number of hydrogen-bond donors (Lipinski definition) is 3. The second-order valence-electron chi connectivity index (χ2n) is 5.31. The van der Waals surface area contributed by atoms with Crippen molar-refractivity contribution in [3.63, 3.8) is 0 Å². The summed E-state index contributed by atoms with van der Waals surface area (Å²) in [6.07, 6.45) is -0.0248. The number of hydrogen-bond acceptors (Lipinski definition) is 3. The molecular formula is C15H20O5. The fourth-order valence-corrected chi connectivity index (χ4v) is 2.29. The van der Waals surface area contributed by atoms with Crippen LogP contribution in [0.2, 0.25) is 0 Å². The van der Waals surface area contributed by atoms with Crippen LogP contribution in [-0.2, 0) is 16.0 Å². The van der Waals surface area contributed by atoms with E-state index in [1.54, 1.807) is 12.1 Å². The van der Waals surface area contributed by atoms with Gasteiger partial charge in [-0.1, -0.05) is 38.1 Å². The number of carboxylic acid groups (broad SMARTS) is 2. The van der Waals surface area contributed by atoms with Gasteiger partial charge in [0.1, 0.15) is 5.92 Å². The van der Waals surface area contributed by atoms with E-state index in [2.05, 4.69) is 0 Å². The van der Waals surface area contributed by atoms with Crippen LogP contribution < -0.4 is 0 Å². The Hall–Kier alpha value is -1.88. The van der Waals surface area contributed by atoms with Crippen LogP contribution in [0.5, 0.6) is 0 Å². The summed E-state index contributed by atoms with van der Waals surface area (Å²) in [5, 5.41) is 29.0. The molecule has 3 N–H and O–H groups in total.